The summed E-state index contributed by atoms with van der Waals surface area (Å²) in [5.41, 5.74) is 2.37. The van der Waals surface area contributed by atoms with Crippen LogP contribution in [0.2, 0.25) is 0 Å². The lowest BCUT2D eigenvalue weighted by molar-refractivity contribution is 0.563. The molecule has 2 aromatic heterocycles. The Kier molecular flexibility index (Phi) is 4.80. The summed E-state index contributed by atoms with van der Waals surface area (Å²) in [6.45, 7) is 0. The van der Waals surface area contributed by atoms with Crippen LogP contribution in [0.15, 0.2) is 99.5 Å². The van der Waals surface area contributed by atoms with Gasteiger partial charge in [-0.3, -0.25) is 0 Å². The number of aromatic nitrogens is 1. The van der Waals surface area contributed by atoms with E-state index in [0.29, 0.717) is 27.4 Å². The SMILES string of the molecule is N#CC(=Cc1cccc2ccccc12)c1nc(-c2cc3c(ccc4ccccc43)oc2=O)cs1. The molecule has 0 atom stereocenters. The number of benzene rings is 4. The van der Waals surface area contributed by atoms with Crippen molar-refractivity contribution < 1.29 is 4.42 Å². The molecular formula is C29H16N2O2S. The second-order valence-corrected chi connectivity index (χ2v) is 8.78. The van der Waals surface area contributed by atoms with Crippen molar-refractivity contribution >= 4 is 55.5 Å². The summed E-state index contributed by atoms with van der Waals surface area (Å²) in [5, 5.41) is 17.3. The van der Waals surface area contributed by atoms with Crippen molar-refractivity contribution in [2.24, 2.45) is 0 Å². The normalized spacial score (nSPS) is 11.8. The zero-order valence-corrected chi connectivity index (χ0v) is 18.7. The van der Waals surface area contributed by atoms with Crippen LogP contribution in [0.4, 0.5) is 0 Å². The molecule has 0 aliphatic carbocycles. The van der Waals surface area contributed by atoms with Crippen molar-refractivity contribution in [3.05, 3.63) is 111 Å². The van der Waals surface area contributed by atoms with Crippen LogP contribution in [0, 0.1) is 11.3 Å². The number of allylic oxidation sites excluding steroid dienone is 1. The minimum atomic E-state index is -0.448. The molecule has 0 aliphatic rings. The van der Waals surface area contributed by atoms with Crippen molar-refractivity contribution in [3.8, 4) is 17.3 Å². The van der Waals surface area contributed by atoms with E-state index in [9.17, 15) is 10.1 Å². The maximum absolute atomic E-state index is 12.8. The molecule has 6 aromatic rings. The minimum Gasteiger partial charge on any atom is -0.422 e. The highest BCUT2D eigenvalue weighted by Gasteiger charge is 2.15. The molecule has 34 heavy (non-hydrogen) atoms. The number of rotatable bonds is 3. The topological polar surface area (TPSA) is 66.9 Å². The van der Waals surface area contributed by atoms with Gasteiger partial charge in [-0.2, -0.15) is 5.26 Å². The van der Waals surface area contributed by atoms with Crippen LogP contribution in [-0.2, 0) is 0 Å². The lowest BCUT2D eigenvalue weighted by Crippen LogP contribution is -2.03. The van der Waals surface area contributed by atoms with Gasteiger partial charge in [0.25, 0.3) is 0 Å². The summed E-state index contributed by atoms with van der Waals surface area (Å²) in [6, 6.07) is 29.9. The Labute approximate surface area is 198 Å². The molecule has 0 N–H and O–H groups in total. The number of thiazole rings is 1. The second-order valence-electron chi connectivity index (χ2n) is 7.92. The maximum atomic E-state index is 12.8. The van der Waals surface area contributed by atoms with Gasteiger partial charge in [-0.15, -0.1) is 11.3 Å². The average molecular weight is 457 g/mol. The predicted molar refractivity (Wildman–Crippen MR) is 139 cm³/mol. The van der Waals surface area contributed by atoms with Gasteiger partial charge in [0.15, 0.2) is 0 Å². The third kappa shape index (κ3) is 3.38. The van der Waals surface area contributed by atoms with Gasteiger partial charge in [-0.25, -0.2) is 9.78 Å². The molecule has 0 radical (unpaired) electrons. The zero-order chi connectivity index (χ0) is 23.1. The van der Waals surface area contributed by atoms with E-state index in [1.807, 2.05) is 91.0 Å². The quantitative estimate of drug-likeness (QED) is 0.159. The van der Waals surface area contributed by atoms with Gasteiger partial charge < -0.3 is 4.42 Å². The van der Waals surface area contributed by atoms with E-state index < -0.39 is 5.63 Å². The Bertz CT molecular complexity index is 1850. The fourth-order valence-corrected chi connectivity index (χ4v) is 5.03. The van der Waals surface area contributed by atoms with Crippen LogP contribution in [0.25, 0.3) is 55.4 Å². The summed E-state index contributed by atoms with van der Waals surface area (Å²) in [4.78, 5) is 17.4. The summed E-state index contributed by atoms with van der Waals surface area (Å²) < 4.78 is 5.62. The number of hydrogen-bond donors (Lipinski definition) is 0. The summed E-state index contributed by atoms with van der Waals surface area (Å²) in [5.74, 6) is 0. The third-order valence-electron chi connectivity index (χ3n) is 5.90. The van der Waals surface area contributed by atoms with E-state index in [1.165, 1.54) is 11.3 Å². The van der Waals surface area contributed by atoms with Crippen LogP contribution in [0.1, 0.15) is 10.6 Å². The minimum absolute atomic E-state index is 0.383. The molecule has 2 heterocycles. The van der Waals surface area contributed by atoms with Crippen LogP contribution >= 0.6 is 11.3 Å². The lowest BCUT2D eigenvalue weighted by Gasteiger charge is -2.04. The van der Waals surface area contributed by atoms with E-state index in [4.69, 9.17) is 4.42 Å². The Morgan fingerprint density at radius 3 is 2.44 bits per heavy atom. The first kappa shape index (κ1) is 20.1. The van der Waals surface area contributed by atoms with E-state index >= 15 is 0 Å². The third-order valence-corrected chi connectivity index (χ3v) is 6.77. The van der Waals surface area contributed by atoms with Crippen molar-refractivity contribution in [1.29, 1.82) is 5.26 Å². The first-order valence-corrected chi connectivity index (χ1v) is 11.6. The molecule has 0 spiro atoms. The van der Waals surface area contributed by atoms with E-state index in [1.54, 1.807) is 5.38 Å². The van der Waals surface area contributed by atoms with Crippen LogP contribution in [0.5, 0.6) is 0 Å². The highest BCUT2D eigenvalue weighted by molar-refractivity contribution is 7.11. The fraction of sp³-hybridized carbons (Fsp3) is 0. The lowest BCUT2D eigenvalue weighted by atomic mass is 10.0. The highest BCUT2D eigenvalue weighted by Crippen LogP contribution is 2.31. The molecule has 0 bridgehead atoms. The first-order valence-electron chi connectivity index (χ1n) is 10.7. The van der Waals surface area contributed by atoms with Gasteiger partial charge in [-0.05, 0) is 45.3 Å². The van der Waals surface area contributed by atoms with Gasteiger partial charge in [0.2, 0.25) is 0 Å². The van der Waals surface area contributed by atoms with Gasteiger partial charge >= 0.3 is 5.63 Å². The monoisotopic (exact) mass is 456 g/mol. The Balaban J connectivity index is 1.47. The Hall–Kier alpha value is -4.53. The van der Waals surface area contributed by atoms with Crippen molar-refractivity contribution in [2.75, 3.05) is 0 Å². The molecule has 0 aliphatic heterocycles. The maximum Gasteiger partial charge on any atom is 0.345 e. The van der Waals surface area contributed by atoms with Crippen LogP contribution in [-0.4, -0.2) is 4.98 Å². The van der Waals surface area contributed by atoms with E-state index in [-0.39, 0.29) is 0 Å². The smallest absolute Gasteiger partial charge is 0.345 e. The van der Waals surface area contributed by atoms with Crippen molar-refractivity contribution in [1.82, 2.24) is 4.98 Å². The van der Waals surface area contributed by atoms with Crippen LogP contribution < -0.4 is 5.63 Å². The molecule has 0 saturated carbocycles. The molecule has 4 nitrogen and oxygen atoms in total. The van der Waals surface area contributed by atoms with Gasteiger partial charge in [0.1, 0.15) is 16.7 Å². The van der Waals surface area contributed by atoms with Gasteiger partial charge in [0.05, 0.1) is 16.8 Å². The second kappa shape index (κ2) is 8.11. The molecule has 5 heteroatoms. The van der Waals surface area contributed by atoms with Gasteiger partial charge in [-0.1, -0.05) is 72.8 Å². The molecule has 0 unspecified atom stereocenters. The fourth-order valence-electron chi connectivity index (χ4n) is 4.24. The number of fused-ring (bicyclic) bond motifs is 4. The van der Waals surface area contributed by atoms with Crippen molar-refractivity contribution in [2.45, 2.75) is 0 Å². The molecule has 0 fully saturated rings. The molecule has 6 rings (SSSR count). The van der Waals surface area contributed by atoms with Crippen molar-refractivity contribution in [3.63, 3.8) is 0 Å². The molecule has 4 aromatic carbocycles. The number of nitrogens with zero attached hydrogens (tertiary/aromatic N) is 2. The first-order chi connectivity index (χ1) is 16.7. The Morgan fingerprint density at radius 2 is 1.62 bits per heavy atom. The van der Waals surface area contributed by atoms with Gasteiger partial charge in [0, 0.05) is 10.8 Å². The van der Waals surface area contributed by atoms with E-state index in [0.717, 1.165) is 32.5 Å². The zero-order valence-electron chi connectivity index (χ0n) is 17.9. The largest absolute Gasteiger partial charge is 0.422 e. The molecule has 0 amide bonds. The summed E-state index contributed by atoms with van der Waals surface area (Å²) in [6.07, 6.45) is 1.85. The molecular weight excluding hydrogens is 440 g/mol. The predicted octanol–water partition coefficient (Wildman–Crippen LogP) is 7.29. The number of nitriles is 1. The average Bonchev–Trinajstić information content (AvgIpc) is 3.36. The highest BCUT2D eigenvalue weighted by atomic mass is 32.1. The molecule has 0 saturated heterocycles. The standard InChI is InChI=1S/C29H16N2O2S/c30-16-21(14-20-9-5-8-18-6-1-3-10-22(18)20)28-31-26(17-34-28)25-15-24-23-11-4-2-7-19(23)12-13-27(24)33-29(25)32/h1-15,17H. The number of hydrogen-bond acceptors (Lipinski definition) is 5. The molecule has 160 valence electrons. The Morgan fingerprint density at radius 1 is 0.882 bits per heavy atom. The summed E-state index contributed by atoms with van der Waals surface area (Å²) >= 11 is 1.34. The van der Waals surface area contributed by atoms with E-state index in [2.05, 4.69) is 11.1 Å². The van der Waals surface area contributed by atoms with Crippen LogP contribution in [0.3, 0.4) is 0 Å². The summed E-state index contributed by atoms with van der Waals surface area (Å²) in [7, 11) is 0.